The number of rotatable bonds is 9. The molecule has 0 bridgehead atoms. The molecule has 2 unspecified atom stereocenters. The molecule has 0 saturated carbocycles. The van der Waals surface area contributed by atoms with Gasteiger partial charge in [-0.3, -0.25) is 9.88 Å². The third-order valence-corrected chi connectivity index (χ3v) is 3.71. The van der Waals surface area contributed by atoms with E-state index in [-0.39, 0.29) is 6.61 Å². The Bertz CT molecular complexity index is 237. The highest BCUT2D eigenvalue weighted by atomic mass is 31.1. The molecule has 0 radical (unpaired) electrons. The third kappa shape index (κ3) is 3.81. The van der Waals surface area contributed by atoms with E-state index in [4.69, 9.17) is 10.2 Å². The Morgan fingerprint density at radius 1 is 1.50 bits per heavy atom. The number of aliphatic carboxylic acids is 1. The second-order valence-electron chi connectivity index (χ2n) is 3.88. The first-order valence-corrected chi connectivity index (χ1v) is 6.30. The molecule has 0 spiro atoms. The van der Waals surface area contributed by atoms with Gasteiger partial charge in [-0.2, -0.15) is 0 Å². The zero-order valence-corrected chi connectivity index (χ0v) is 10.7. The normalized spacial score (nSPS) is 16.9. The molecule has 5 nitrogen and oxygen atoms in total. The minimum atomic E-state index is -1.57. The summed E-state index contributed by atoms with van der Waals surface area (Å²) in [6.07, 6.45) is 2.86. The molecule has 6 heteroatoms. The standard InChI is InChI=1S/C10H20NO4P/c1-3-4-5-6-11-10(16-15,9(13)14)8(2)7-12/h8,11-12H,3-7H2,1-2H3,(H,13,14). The van der Waals surface area contributed by atoms with Crippen molar-refractivity contribution in [3.8, 4) is 0 Å². The molecule has 0 aromatic heterocycles. The molecule has 0 fully saturated rings. The van der Waals surface area contributed by atoms with E-state index < -0.39 is 25.6 Å². The fraction of sp³-hybridized carbons (Fsp3) is 0.900. The summed E-state index contributed by atoms with van der Waals surface area (Å²) in [6, 6.07) is 0. The van der Waals surface area contributed by atoms with Gasteiger partial charge in [-0.1, -0.05) is 26.7 Å². The number of nitrogens with one attached hydrogen (secondary N) is 1. The van der Waals surface area contributed by atoms with Crippen molar-refractivity contribution >= 4 is 14.4 Å². The van der Waals surface area contributed by atoms with E-state index in [2.05, 4.69) is 5.32 Å². The lowest BCUT2D eigenvalue weighted by atomic mass is 10.0. The molecule has 16 heavy (non-hydrogen) atoms. The van der Waals surface area contributed by atoms with Crippen LogP contribution in [-0.2, 0) is 9.36 Å². The van der Waals surface area contributed by atoms with Gasteiger partial charge in [0, 0.05) is 12.5 Å². The second-order valence-corrected chi connectivity index (χ2v) is 4.77. The van der Waals surface area contributed by atoms with E-state index in [1.165, 1.54) is 0 Å². The summed E-state index contributed by atoms with van der Waals surface area (Å²) < 4.78 is 11.1. The first kappa shape index (κ1) is 15.5. The summed E-state index contributed by atoms with van der Waals surface area (Å²) in [5, 5.41) is 19.3. The fourth-order valence-electron chi connectivity index (χ4n) is 1.41. The molecule has 2 atom stereocenters. The molecule has 0 aromatic rings. The second kappa shape index (κ2) is 7.71. The van der Waals surface area contributed by atoms with Gasteiger partial charge in [0.25, 0.3) is 0 Å². The van der Waals surface area contributed by atoms with Gasteiger partial charge >= 0.3 is 5.97 Å². The SMILES string of the molecule is CCCCCNC(P=O)(C(=O)O)C(C)CO. The van der Waals surface area contributed by atoms with Crippen LogP contribution in [0.2, 0.25) is 0 Å². The van der Waals surface area contributed by atoms with Crippen LogP contribution in [0, 0.1) is 5.92 Å². The van der Waals surface area contributed by atoms with Crippen LogP contribution in [-0.4, -0.2) is 34.6 Å². The minimum Gasteiger partial charge on any atom is -0.479 e. The summed E-state index contributed by atoms with van der Waals surface area (Å²) in [6.45, 7) is 3.78. The van der Waals surface area contributed by atoms with Crippen LogP contribution in [0.5, 0.6) is 0 Å². The van der Waals surface area contributed by atoms with Crippen LogP contribution < -0.4 is 5.32 Å². The molecule has 0 saturated heterocycles. The predicted molar refractivity (Wildman–Crippen MR) is 61.8 cm³/mol. The van der Waals surface area contributed by atoms with Crippen LogP contribution in [0.15, 0.2) is 0 Å². The molecular weight excluding hydrogens is 229 g/mol. The highest BCUT2D eigenvalue weighted by molar-refractivity contribution is 7.27. The van der Waals surface area contributed by atoms with E-state index >= 15 is 0 Å². The summed E-state index contributed by atoms with van der Waals surface area (Å²) in [5.74, 6) is -1.80. The summed E-state index contributed by atoms with van der Waals surface area (Å²) in [7, 11) is -0.513. The van der Waals surface area contributed by atoms with Crippen LogP contribution in [0.25, 0.3) is 0 Å². The molecule has 0 aliphatic rings. The van der Waals surface area contributed by atoms with Crippen molar-refractivity contribution < 1.29 is 19.6 Å². The summed E-state index contributed by atoms with van der Waals surface area (Å²) in [5.41, 5.74) is 0. The van der Waals surface area contributed by atoms with E-state index in [1.54, 1.807) is 6.92 Å². The van der Waals surface area contributed by atoms with Crippen LogP contribution in [0.1, 0.15) is 33.1 Å². The molecule has 0 aliphatic heterocycles. The highest BCUT2D eigenvalue weighted by Gasteiger charge is 2.44. The molecule has 0 aromatic carbocycles. The number of aliphatic hydroxyl groups is 1. The lowest BCUT2D eigenvalue weighted by molar-refractivity contribution is -0.143. The first-order chi connectivity index (χ1) is 7.55. The molecule has 0 amide bonds. The monoisotopic (exact) mass is 249 g/mol. The predicted octanol–water partition coefficient (Wildman–Crippen LogP) is 1.47. The van der Waals surface area contributed by atoms with Crippen molar-refractivity contribution in [3.05, 3.63) is 0 Å². The Morgan fingerprint density at radius 2 is 2.12 bits per heavy atom. The molecule has 0 heterocycles. The maximum atomic E-state index is 11.1. The zero-order chi connectivity index (χ0) is 12.6. The van der Waals surface area contributed by atoms with Crippen molar-refractivity contribution in [2.24, 2.45) is 5.92 Å². The number of carboxylic acid groups (broad SMARTS) is 1. The zero-order valence-electron chi connectivity index (χ0n) is 9.77. The number of hydrogen-bond acceptors (Lipinski definition) is 4. The van der Waals surface area contributed by atoms with Gasteiger partial charge in [0.2, 0.25) is 5.28 Å². The van der Waals surface area contributed by atoms with E-state index in [9.17, 15) is 9.36 Å². The topological polar surface area (TPSA) is 86.6 Å². The lowest BCUT2D eigenvalue weighted by Gasteiger charge is -2.28. The maximum absolute atomic E-state index is 11.1. The van der Waals surface area contributed by atoms with Gasteiger partial charge in [-0.15, -0.1) is 0 Å². The Labute approximate surface area is 97.4 Å². The van der Waals surface area contributed by atoms with E-state index in [0.29, 0.717) is 6.54 Å². The van der Waals surface area contributed by atoms with E-state index in [0.717, 1.165) is 19.3 Å². The molecule has 0 rings (SSSR count). The van der Waals surface area contributed by atoms with Crippen molar-refractivity contribution in [2.75, 3.05) is 13.2 Å². The Hall–Kier alpha value is -0.510. The van der Waals surface area contributed by atoms with Crippen LogP contribution >= 0.6 is 8.46 Å². The number of carboxylic acids is 1. The lowest BCUT2D eigenvalue weighted by Crippen LogP contribution is -2.53. The van der Waals surface area contributed by atoms with Crippen molar-refractivity contribution in [2.45, 2.75) is 38.4 Å². The quantitative estimate of drug-likeness (QED) is 0.425. The van der Waals surface area contributed by atoms with Gasteiger partial charge < -0.3 is 10.2 Å². The number of aliphatic hydroxyl groups excluding tert-OH is 1. The van der Waals surface area contributed by atoms with E-state index in [1.807, 2.05) is 6.92 Å². The highest BCUT2D eigenvalue weighted by Crippen LogP contribution is 2.29. The number of carbonyl (C=O) groups is 1. The fourth-order valence-corrected chi connectivity index (χ4v) is 1.92. The first-order valence-electron chi connectivity index (χ1n) is 5.49. The number of unbranched alkanes of at least 4 members (excludes halogenated alkanes) is 2. The van der Waals surface area contributed by atoms with Crippen LogP contribution in [0.3, 0.4) is 0 Å². The molecule has 0 aliphatic carbocycles. The van der Waals surface area contributed by atoms with Gasteiger partial charge in [-0.25, -0.2) is 4.79 Å². The Morgan fingerprint density at radius 3 is 2.50 bits per heavy atom. The van der Waals surface area contributed by atoms with Crippen molar-refractivity contribution in [3.63, 3.8) is 0 Å². The third-order valence-electron chi connectivity index (χ3n) is 2.63. The van der Waals surface area contributed by atoms with Gasteiger partial charge in [0.15, 0.2) is 8.46 Å². The van der Waals surface area contributed by atoms with Crippen molar-refractivity contribution in [1.82, 2.24) is 5.32 Å². The van der Waals surface area contributed by atoms with Gasteiger partial charge in [-0.05, 0) is 13.0 Å². The largest absolute Gasteiger partial charge is 0.479 e. The smallest absolute Gasteiger partial charge is 0.336 e. The maximum Gasteiger partial charge on any atom is 0.336 e. The molecular formula is C10H20NO4P. The average Bonchev–Trinajstić information content (AvgIpc) is 2.28. The van der Waals surface area contributed by atoms with Gasteiger partial charge in [0.05, 0.1) is 0 Å². The van der Waals surface area contributed by atoms with Crippen LogP contribution in [0.4, 0.5) is 0 Å². The molecule has 3 N–H and O–H groups in total. The minimum absolute atomic E-state index is 0.317. The number of hydrogen-bond donors (Lipinski definition) is 3. The Kier molecular flexibility index (Phi) is 7.47. The summed E-state index contributed by atoms with van der Waals surface area (Å²) in [4.78, 5) is 11.1. The Balaban J connectivity index is 4.52. The average molecular weight is 249 g/mol. The summed E-state index contributed by atoms with van der Waals surface area (Å²) >= 11 is 0. The van der Waals surface area contributed by atoms with Gasteiger partial charge in [0.1, 0.15) is 0 Å². The van der Waals surface area contributed by atoms with Crippen molar-refractivity contribution in [1.29, 1.82) is 0 Å². The molecule has 94 valence electrons.